The fraction of sp³-hybridized carbons (Fsp3) is 0.417. The van der Waals surface area contributed by atoms with E-state index in [4.69, 9.17) is 5.11 Å². The Balaban J connectivity index is 2.48. The van der Waals surface area contributed by atoms with E-state index in [2.05, 4.69) is 6.92 Å². The second kappa shape index (κ2) is 4.19. The molecule has 0 atom stereocenters. The second-order valence-electron chi connectivity index (χ2n) is 3.86. The Labute approximate surface area is 93.3 Å². The molecule has 2 nitrogen and oxygen atoms in total. The summed E-state index contributed by atoms with van der Waals surface area (Å²) in [6.45, 7) is 2.06. The molecule has 0 fully saturated rings. The molecule has 15 heavy (non-hydrogen) atoms. The fourth-order valence-electron chi connectivity index (χ4n) is 2.14. The molecule has 2 rings (SSSR count). The summed E-state index contributed by atoms with van der Waals surface area (Å²) >= 11 is 1.68. The molecule has 3 heteroatoms. The van der Waals surface area contributed by atoms with E-state index in [-0.39, 0.29) is 0 Å². The standard InChI is InChI=1S/C12H14O2S/c1-8-9(6-7-15-8)10-4-2-3-5-11(10)12(13)14/h6-7H,2-5H2,1H3,(H,13,14). The highest BCUT2D eigenvalue weighted by molar-refractivity contribution is 7.10. The van der Waals surface area contributed by atoms with Crippen molar-refractivity contribution < 1.29 is 9.90 Å². The van der Waals surface area contributed by atoms with Gasteiger partial charge in [-0.25, -0.2) is 4.79 Å². The van der Waals surface area contributed by atoms with Gasteiger partial charge in [-0.3, -0.25) is 0 Å². The molecule has 0 radical (unpaired) electrons. The van der Waals surface area contributed by atoms with Crippen LogP contribution in [0.4, 0.5) is 0 Å². The smallest absolute Gasteiger partial charge is 0.331 e. The Morgan fingerprint density at radius 3 is 2.73 bits per heavy atom. The van der Waals surface area contributed by atoms with E-state index in [1.165, 1.54) is 4.88 Å². The predicted molar refractivity (Wildman–Crippen MR) is 62.1 cm³/mol. The van der Waals surface area contributed by atoms with Crippen LogP contribution in [-0.2, 0) is 4.79 Å². The Kier molecular flexibility index (Phi) is 2.91. The quantitative estimate of drug-likeness (QED) is 0.832. The molecule has 0 saturated heterocycles. The number of thiophene rings is 1. The van der Waals surface area contributed by atoms with Gasteiger partial charge < -0.3 is 5.11 Å². The number of carbonyl (C=O) groups is 1. The average Bonchev–Trinajstić information content (AvgIpc) is 2.64. The van der Waals surface area contributed by atoms with Crippen molar-refractivity contribution in [2.75, 3.05) is 0 Å². The molecule has 1 aliphatic carbocycles. The minimum Gasteiger partial charge on any atom is -0.478 e. The number of aliphatic carboxylic acids is 1. The van der Waals surface area contributed by atoms with Gasteiger partial charge in [0, 0.05) is 10.5 Å². The largest absolute Gasteiger partial charge is 0.478 e. The number of carboxylic acids is 1. The van der Waals surface area contributed by atoms with Crippen LogP contribution in [0.2, 0.25) is 0 Å². The summed E-state index contributed by atoms with van der Waals surface area (Å²) in [5, 5.41) is 11.2. The van der Waals surface area contributed by atoms with Gasteiger partial charge in [0.25, 0.3) is 0 Å². The minimum atomic E-state index is -0.740. The maximum Gasteiger partial charge on any atom is 0.331 e. The van der Waals surface area contributed by atoms with Crippen molar-refractivity contribution in [2.45, 2.75) is 32.6 Å². The van der Waals surface area contributed by atoms with E-state index in [0.29, 0.717) is 5.57 Å². The van der Waals surface area contributed by atoms with Gasteiger partial charge in [-0.2, -0.15) is 0 Å². The van der Waals surface area contributed by atoms with E-state index in [0.717, 1.165) is 36.8 Å². The Morgan fingerprint density at radius 2 is 2.13 bits per heavy atom. The molecule has 1 heterocycles. The Hall–Kier alpha value is -1.09. The lowest BCUT2D eigenvalue weighted by Crippen LogP contribution is -2.08. The highest BCUT2D eigenvalue weighted by atomic mass is 32.1. The van der Waals surface area contributed by atoms with Crippen LogP contribution in [0.15, 0.2) is 17.0 Å². The van der Waals surface area contributed by atoms with Gasteiger partial charge in [-0.1, -0.05) is 0 Å². The molecule has 80 valence electrons. The van der Waals surface area contributed by atoms with Gasteiger partial charge in [0.1, 0.15) is 0 Å². The van der Waals surface area contributed by atoms with Crippen LogP contribution in [0, 0.1) is 6.92 Å². The monoisotopic (exact) mass is 222 g/mol. The number of aryl methyl sites for hydroxylation is 1. The van der Waals surface area contributed by atoms with Gasteiger partial charge in [0.15, 0.2) is 0 Å². The lowest BCUT2D eigenvalue weighted by molar-refractivity contribution is -0.132. The highest BCUT2D eigenvalue weighted by Gasteiger charge is 2.20. The van der Waals surface area contributed by atoms with Crippen molar-refractivity contribution in [2.24, 2.45) is 0 Å². The van der Waals surface area contributed by atoms with Crippen LogP contribution >= 0.6 is 11.3 Å². The zero-order chi connectivity index (χ0) is 10.8. The first kappa shape index (κ1) is 10.4. The molecule has 0 bridgehead atoms. The number of rotatable bonds is 2. The fourth-order valence-corrected chi connectivity index (χ4v) is 2.86. The highest BCUT2D eigenvalue weighted by Crippen LogP contribution is 2.35. The van der Waals surface area contributed by atoms with Crippen molar-refractivity contribution in [1.29, 1.82) is 0 Å². The molecular formula is C12H14O2S. The molecule has 0 aliphatic heterocycles. The minimum absolute atomic E-state index is 0.628. The lowest BCUT2D eigenvalue weighted by Gasteiger charge is -2.17. The molecule has 1 aromatic rings. The predicted octanol–water partition coefficient (Wildman–Crippen LogP) is 3.47. The number of hydrogen-bond donors (Lipinski definition) is 1. The van der Waals surface area contributed by atoms with E-state index >= 15 is 0 Å². The third-order valence-electron chi connectivity index (χ3n) is 2.91. The van der Waals surface area contributed by atoms with Crippen LogP contribution in [-0.4, -0.2) is 11.1 Å². The molecule has 0 amide bonds. The first-order chi connectivity index (χ1) is 7.20. The summed E-state index contributed by atoms with van der Waals surface area (Å²) < 4.78 is 0. The van der Waals surface area contributed by atoms with Crippen LogP contribution in [0.5, 0.6) is 0 Å². The second-order valence-corrected chi connectivity index (χ2v) is 4.98. The topological polar surface area (TPSA) is 37.3 Å². The maximum atomic E-state index is 11.1. The molecule has 0 saturated carbocycles. The van der Waals surface area contributed by atoms with Crippen molar-refractivity contribution >= 4 is 22.9 Å². The molecular weight excluding hydrogens is 208 g/mol. The molecule has 0 unspecified atom stereocenters. The third kappa shape index (κ3) is 1.97. The van der Waals surface area contributed by atoms with Gasteiger partial charge >= 0.3 is 5.97 Å². The summed E-state index contributed by atoms with van der Waals surface area (Å²) in [4.78, 5) is 12.3. The Morgan fingerprint density at radius 1 is 1.40 bits per heavy atom. The maximum absolute atomic E-state index is 11.1. The number of hydrogen-bond acceptors (Lipinski definition) is 2. The van der Waals surface area contributed by atoms with Crippen LogP contribution in [0.3, 0.4) is 0 Å². The summed E-state index contributed by atoms with van der Waals surface area (Å²) in [5.41, 5.74) is 2.84. The number of allylic oxidation sites excluding steroid dienone is 1. The van der Waals surface area contributed by atoms with Gasteiger partial charge in [-0.05, 0) is 55.2 Å². The SMILES string of the molecule is Cc1sccc1C1=C(C(=O)O)CCCC1. The normalized spacial score (nSPS) is 16.9. The van der Waals surface area contributed by atoms with Crippen LogP contribution in [0.1, 0.15) is 36.1 Å². The molecule has 1 aliphatic rings. The molecule has 1 aromatic heterocycles. The lowest BCUT2D eigenvalue weighted by atomic mass is 9.87. The molecule has 0 spiro atoms. The first-order valence-electron chi connectivity index (χ1n) is 5.20. The van der Waals surface area contributed by atoms with Crippen molar-refractivity contribution in [3.05, 3.63) is 27.5 Å². The molecule has 1 N–H and O–H groups in total. The van der Waals surface area contributed by atoms with Crippen molar-refractivity contribution in [1.82, 2.24) is 0 Å². The summed E-state index contributed by atoms with van der Waals surface area (Å²) in [6, 6.07) is 2.05. The average molecular weight is 222 g/mol. The summed E-state index contributed by atoms with van der Waals surface area (Å²) in [5.74, 6) is -0.740. The van der Waals surface area contributed by atoms with Gasteiger partial charge in [0.2, 0.25) is 0 Å². The zero-order valence-corrected chi connectivity index (χ0v) is 9.56. The van der Waals surface area contributed by atoms with Crippen LogP contribution < -0.4 is 0 Å². The van der Waals surface area contributed by atoms with Crippen molar-refractivity contribution in [3.8, 4) is 0 Å². The summed E-state index contributed by atoms with van der Waals surface area (Å²) in [7, 11) is 0. The number of carboxylic acid groups (broad SMARTS) is 1. The Bertz CT molecular complexity index is 415. The van der Waals surface area contributed by atoms with E-state index < -0.39 is 5.97 Å². The molecule has 0 aromatic carbocycles. The van der Waals surface area contributed by atoms with Gasteiger partial charge in [-0.15, -0.1) is 11.3 Å². The third-order valence-corrected chi connectivity index (χ3v) is 3.76. The zero-order valence-electron chi connectivity index (χ0n) is 8.75. The van der Waals surface area contributed by atoms with Crippen molar-refractivity contribution in [3.63, 3.8) is 0 Å². The summed E-state index contributed by atoms with van der Waals surface area (Å²) in [6.07, 6.45) is 3.76. The van der Waals surface area contributed by atoms with Gasteiger partial charge in [0.05, 0.1) is 0 Å². The van der Waals surface area contributed by atoms with E-state index in [1.807, 2.05) is 11.4 Å². The van der Waals surface area contributed by atoms with Crippen LogP contribution in [0.25, 0.3) is 5.57 Å². The van der Waals surface area contributed by atoms with E-state index in [1.54, 1.807) is 11.3 Å². The van der Waals surface area contributed by atoms with E-state index in [9.17, 15) is 4.79 Å². The first-order valence-corrected chi connectivity index (χ1v) is 6.08.